The Morgan fingerprint density at radius 1 is 0.292 bits per heavy atom. The standard InChI is InChI=1S/C77H140O17P2/c1-5-9-13-17-21-25-29-32-35-38-42-45-49-53-57-61-74(79)87-67-72(93-76(81)63-59-55-51-47-41-28-24-20-16-12-8-4)69-91-95(83,84)89-65-71(78)66-90-96(85,86)92-70-73(94-77(82)64-60-56-52-48-44-40-37-34-31-27-23-19-15-11-7-3)68-88-75(80)62-58-54-50-46-43-39-36-33-30-26-22-18-14-10-6-2/h20,22,24,26,32-37,71-73,78H,5-19,21,23,25,27-31,38-70H2,1-4H3,(H,83,84)(H,85,86)/b24-20-,26-22-,35-32-,36-33-,37-34-. The van der Waals surface area contributed by atoms with E-state index in [1.807, 2.05) is 0 Å². The van der Waals surface area contributed by atoms with Crippen LogP contribution in [0.3, 0.4) is 0 Å². The second-order valence-corrected chi connectivity index (χ2v) is 28.8. The van der Waals surface area contributed by atoms with E-state index >= 15 is 0 Å². The molecule has 96 heavy (non-hydrogen) atoms. The van der Waals surface area contributed by atoms with Crippen molar-refractivity contribution in [1.82, 2.24) is 0 Å². The summed E-state index contributed by atoms with van der Waals surface area (Å²) in [4.78, 5) is 72.8. The van der Waals surface area contributed by atoms with E-state index in [1.54, 1.807) is 0 Å². The van der Waals surface area contributed by atoms with Crippen molar-refractivity contribution in [3.05, 3.63) is 60.8 Å². The fourth-order valence-electron chi connectivity index (χ4n) is 10.5. The Labute approximate surface area is 584 Å². The van der Waals surface area contributed by atoms with Crippen LogP contribution in [0, 0.1) is 0 Å². The summed E-state index contributed by atoms with van der Waals surface area (Å²) in [5.74, 6) is -2.19. The van der Waals surface area contributed by atoms with E-state index in [9.17, 15) is 43.2 Å². The second kappa shape index (κ2) is 70.2. The first kappa shape index (κ1) is 92.8. The molecule has 0 amide bonds. The number of carbonyl (C=O) groups is 4. The monoisotopic (exact) mass is 1400 g/mol. The van der Waals surface area contributed by atoms with Crippen LogP contribution in [0.15, 0.2) is 60.8 Å². The number of hydrogen-bond acceptors (Lipinski definition) is 15. The van der Waals surface area contributed by atoms with Gasteiger partial charge in [-0.15, -0.1) is 0 Å². The molecule has 0 aromatic heterocycles. The third-order valence-electron chi connectivity index (χ3n) is 16.4. The Kier molecular flexibility index (Phi) is 67.8. The van der Waals surface area contributed by atoms with Crippen LogP contribution in [0.1, 0.15) is 349 Å². The molecule has 0 bridgehead atoms. The van der Waals surface area contributed by atoms with Gasteiger partial charge in [0.05, 0.1) is 26.4 Å². The third kappa shape index (κ3) is 69.2. The highest BCUT2D eigenvalue weighted by atomic mass is 31.2. The molecule has 0 rings (SSSR count). The smallest absolute Gasteiger partial charge is 0.462 e. The molecule has 0 aliphatic heterocycles. The fraction of sp³-hybridized carbons (Fsp3) is 0.818. The van der Waals surface area contributed by atoms with Crippen LogP contribution < -0.4 is 0 Å². The number of aliphatic hydroxyl groups is 1. The number of allylic oxidation sites excluding steroid dienone is 10. The Morgan fingerprint density at radius 3 is 0.833 bits per heavy atom. The molecule has 17 nitrogen and oxygen atoms in total. The fourth-order valence-corrected chi connectivity index (χ4v) is 12.0. The predicted molar refractivity (Wildman–Crippen MR) is 390 cm³/mol. The molecule has 3 N–H and O–H groups in total. The quantitative estimate of drug-likeness (QED) is 0.0169. The maximum absolute atomic E-state index is 13.1. The van der Waals surface area contributed by atoms with Crippen molar-refractivity contribution in [3.63, 3.8) is 0 Å². The van der Waals surface area contributed by atoms with Crippen molar-refractivity contribution in [1.29, 1.82) is 0 Å². The molecule has 0 spiro atoms. The normalized spacial score (nSPS) is 14.3. The highest BCUT2D eigenvalue weighted by Gasteiger charge is 2.30. The lowest BCUT2D eigenvalue weighted by Crippen LogP contribution is -2.30. The molecule has 560 valence electrons. The van der Waals surface area contributed by atoms with E-state index < -0.39 is 97.5 Å². The zero-order valence-corrected chi connectivity index (χ0v) is 62.8. The highest BCUT2D eigenvalue weighted by Crippen LogP contribution is 2.45. The predicted octanol–water partition coefficient (Wildman–Crippen LogP) is 21.9. The lowest BCUT2D eigenvalue weighted by molar-refractivity contribution is -0.161. The summed E-state index contributed by atoms with van der Waals surface area (Å²) in [7, 11) is -9.94. The molecule has 0 aliphatic rings. The van der Waals surface area contributed by atoms with Gasteiger partial charge in [0, 0.05) is 25.7 Å². The zero-order chi connectivity index (χ0) is 70.4. The number of unbranched alkanes of at least 4 members (excludes halogenated alkanes) is 37. The summed E-state index contributed by atoms with van der Waals surface area (Å²) in [5, 5.41) is 10.6. The van der Waals surface area contributed by atoms with Gasteiger partial charge in [0.2, 0.25) is 0 Å². The molecule has 0 aromatic carbocycles. The average molecular weight is 1400 g/mol. The van der Waals surface area contributed by atoms with E-state index in [2.05, 4.69) is 88.5 Å². The van der Waals surface area contributed by atoms with Gasteiger partial charge in [-0.3, -0.25) is 37.3 Å². The number of phosphoric acid groups is 2. The van der Waals surface area contributed by atoms with Crippen molar-refractivity contribution >= 4 is 39.5 Å². The molecule has 0 heterocycles. The Hall–Kier alpha value is -3.24. The van der Waals surface area contributed by atoms with Crippen LogP contribution in [-0.4, -0.2) is 96.7 Å². The number of carbonyl (C=O) groups excluding carboxylic acids is 4. The van der Waals surface area contributed by atoms with Crippen LogP contribution in [-0.2, 0) is 65.4 Å². The Balaban J connectivity index is 5.32. The number of hydrogen-bond donors (Lipinski definition) is 3. The second-order valence-electron chi connectivity index (χ2n) is 25.9. The summed E-state index contributed by atoms with van der Waals surface area (Å²) < 4.78 is 68.4. The Morgan fingerprint density at radius 2 is 0.521 bits per heavy atom. The molecule has 0 aromatic rings. The molecule has 0 radical (unpaired) electrons. The number of ether oxygens (including phenoxy) is 4. The van der Waals surface area contributed by atoms with E-state index in [0.29, 0.717) is 25.7 Å². The van der Waals surface area contributed by atoms with Crippen molar-refractivity contribution in [2.45, 2.75) is 367 Å². The molecule has 0 saturated heterocycles. The van der Waals surface area contributed by atoms with Crippen LogP contribution in [0.5, 0.6) is 0 Å². The zero-order valence-electron chi connectivity index (χ0n) is 61.1. The first-order valence-electron chi connectivity index (χ1n) is 38.5. The van der Waals surface area contributed by atoms with Crippen molar-refractivity contribution in [3.8, 4) is 0 Å². The van der Waals surface area contributed by atoms with Gasteiger partial charge in [-0.05, 0) is 128 Å². The Bertz CT molecular complexity index is 2060. The first-order chi connectivity index (χ1) is 46.7. The van der Waals surface area contributed by atoms with Crippen LogP contribution in [0.25, 0.3) is 0 Å². The minimum Gasteiger partial charge on any atom is -0.462 e. The average Bonchev–Trinajstić information content (AvgIpc) is 1.98. The number of rotatable bonds is 73. The van der Waals surface area contributed by atoms with E-state index in [4.69, 9.17) is 37.0 Å². The largest absolute Gasteiger partial charge is 0.472 e. The lowest BCUT2D eigenvalue weighted by atomic mass is 10.1. The summed E-state index contributed by atoms with van der Waals surface area (Å²) in [6.45, 7) is 4.80. The molecule has 0 saturated carbocycles. The summed E-state index contributed by atoms with van der Waals surface area (Å²) in [6.07, 6.45) is 67.8. The van der Waals surface area contributed by atoms with Gasteiger partial charge >= 0.3 is 39.5 Å². The third-order valence-corrected chi connectivity index (χ3v) is 18.3. The lowest BCUT2D eigenvalue weighted by Gasteiger charge is -2.21. The van der Waals surface area contributed by atoms with Gasteiger partial charge in [0.25, 0.3) is 0 Å². The van der Waals surface area contributed by atoms with Gasteiger partial charge in [0.15, 0.2) is 12.2 Å². The SMILES string of the molecule is CCCC/C=C\CCCCCCCC(=O)OC(COC(=O)CCCCCCC/C=C\CCCCCCCC)COP(=O)(O)OCC(O)COP(=O)(O)OCC(COC(=O)CCCCCCC/C=C\C/C=C\CCCCC)OC(=O)CCCCCCC/C=C\CCCCCCCC. The van der Waals surface area contributed by atoms with E-state index in [0.717, 1.165) is 161 Å². The molecule has 0 fully saturated rings. The summed E-state index contributed by atoms with van der Waals surface area (Å²) in [6, 6.07) is 0. The molecule has 5 atom stereocenters. The molecule has 19 heteroatoms. The van der Waals surface area contributed by atoms with E-state index in [-0.39, 0.29) is 25.7 Å². The first-order valence-corrected chi connectivity index (χ1v) is 41.5. The minimum atomic E-state index is -4.97. The topological polar surface area (TPSA) is 237 Å². The molecular formula is C77H140O17P2. The van der Waals surface area contributed by atoms with Crippen molar-refractivity contribution in [2.24, 2.45) is 0 Å². The van der Waals surface area contributed by atoms with Gasteiger partial charge in [0.1, 0.15) is 19.3 Å². The summed E-state index contributed by atoms with van der Waals surface area (Å²) in [5.41, 5.74) is 0. The maximum Gasteiger partial charge on any atom is 0.472 e. The van der Waals surface area contributed by atoms with Gasteiger partial charge in [-0.2, -0.15) is 0 Å². The van der Waals surface area contributed by atoms with Crippen LogP contribution in [0.4, 0.5) is 0 Å². The molecule has 5 unspecified atom stereocenters. The van der Waals surface area contributed by atoms with Gasteiger partial charge in [-0.1, -0.05) is 255 Å². The van der Waals surface area contributed by atoms with Crippen molar-refractivity contribution in [2.75, 3.05) is 39.6 Å². The molecule has 0 aliphatic carbocycles. The van der Waals surface area contributed by atoms with E-state index in [1.165, 1.54) is 109 Å². The van der Waals surface area contributed by atoms with Crippen LogP contribution in [0.2, 0.25) is 0 Å². The van der Waals surface area contributed by atoms with Gasteiger partial charge < -0.3 is 33.8 Å². The van der Waals surface area contributed by atoms with Gasteiger partial charge in [-0.25, -0.2) is 9.13 Å². The van der Waals surface area contributed by atoms with Crippen molar-refractivity contribution < 1.29 is 80.2 Å². The number of phosphoric ester groups is 2. The summed E-state index contributed by atoms with van der Waals surface area (Å²) >= 11 is 0. The maximum atomic E-state index is 13.1. The number of esters is 4. The minimum absolute atomic E-state index is 0.0854. The van der Waals surface area contributed by atoms with Crippen LogP contribution >= 0.6 is 15.6 Å². The number of aliphatic hydroxyl groups excluding tert-OH is 1. The molecular weight excluding hydrogens is 1260 g/mol. The highest BCUT2D eigenvalue weighted by molar-refractivity contribution is 7.47.